The van der Waals surface area contributed by atoms with E-state index in [2.05, 4.69) is 15.4 Å². The Bertz CT molecular complexity index is 633. The maximum absolute atomic E-state index is 5.94. The molecule has 0 aliphatic carbocycles. The molecule has 0 N–H and O–H groups in total. The zero-order valence-electron chi connectivity index (χ0n) is 10.3. The second-order valence-electron chi connectivity index (χ2n) is 4.26. The van der Waals surface area contributed by atoms with Gasteiger partial charge in [0, 0.05) is 10.0 Å². The number of hydrogen-bond acceptors (Lipinski definition) is 3. The van der Waals surface area contributed by atoms with Gasteiger partial charge in [-0.3, -0.25) is 0 Å². The summed E-state index contributed by atoms with van der Waals surface area (Å²) in [4.78, 5) is 1.56. The van der Waals surface area contributed by atoms with Crippen molar-refractivity contribution >= 4 is 23.2 Å². The summed E-state index contributed by atoms with van der Waals surface area (Å²) in [5.41, 5.74) is 2.05. The normalized spacial score (nSPS) is 10.9. The predicted octanol–water partition coefficient (Wildman–Crippen LogP) is 3.62. The minimum absolute atomic E-state index is 0.160. The maximum Gasteiger partial charge on any atom is 0.162 e. The highest BCUT2D eigenvalue weighted by molar-refractivity contribution is 6.30. The monoisotopic (exact) mass is 304 g/mol. The lowest BCUT2D eigenvalue weighted by Gasteiger charge is -2.16. The molecule has 0 aliphatic heterocycles. The molecule has 1 heterocycles. The Morgan fingerprint density at radius 1 is 0.800 bits per heavy atom. The zero-order valence-corrected chi connectivity index (χ0v) is 11.8. The van der Waals surface area contributed by atoms with Crippen molar-refractivity contribution in [2.75, 3.05) is 0 Å². The third kappa shape index (κ3) is 2.66. The highest BCUT2D eigenvalue weighted by atomic mass is 35.5. The molecule has 0 aliphatic rings. The largest absolute Gasteiger partial charge is 0.162 e. The van der Waals surface area contributed by atoms with Crippen LogP contribution in [0.4, 0.5) is 0 Å². The molecule has 2 aromatic carbocycles. The van der Waals surface area contributed by atoms with Gasteiger partial charge in [-0.2, -0.15) is 4.80 Å². The molecule has 3 aromatic rings. The molecule has 0 fully saturated rings. The highest BCUT2D eigenvalue weighted by Gasteiger charge is 2.18. The Hall–Kier alpha value is -1.91. The SMILES string of the molecule is Clc1ccc(C(c2ccc(Cl)cc2)n2ncnn2)cc1. The van der Waals surface area contributed by atoms with Crippen LogP contribution in [0.25, 0.3) is 0 Å². The number of rotatable bonds is 3. The molecular formula is C14H10Cl2N4. The lowest BCUT2D eigenvalue weighted by molar-refractivity contribution is 0.504. The third-order valence-electron chi connectivity index (χ3n) is 2.97. The summed E-state index contributed by atoms with van der Waals surface area (Å²) in [7, 11) is 0. The van der Waals surface area contributed by atoms with E-state index in [4.69, 9.17) is 23.2 Å². The average molecular weight is 305 g/mol. The van der Waals surface area contributed by atoms with Crippen molar-refractivity contribution in [3.8, 4) is 0 Å². The smallest absolute Gasteiger partial charge is 0.152 e. The molecule has 0 unspecified atom stereocenters. The van der Waals surface area contributed by atoms with E-state index in [1.807, 2.05) is 48.5 Å². The third-order valence-corrected chi connectivity index (χ3v) is 3.47. The first-order valence-electron chi connectivity index (χ1n) is 5.97. The van der Waals surface area contributed by atoms with Crippen molar-refractivity contribution < 1.29 is 0 Å². The number of halogens is 2. The van der Waals surface area contributed by atoms with Crippen LogP contribution in [0.2, 0.25) is 10.0 Å². The molecule has 0 radical (unpaired) electrons. The van der Waals surface area contributed by atoms with E-state index in [1.165, 1.54) is 6.33 Å². The summed E-state index contributed by atoms with van der Waals surface area (Å²) in [6.07, 6.45) is 1.42. The number of benzene rings is 2. The Kier molecular flexibility index (Phi) is 3.67. The summed E-state index contributed by atoms with van der Waals surface area (Å²) in [5.74, 6) is 0. The molecule has 3 rings (SSSR count). The fourth-order valence-electron chi connectivity index (χ4n) is 2.04. The first-order chi connectivity index (χ1) is 9.74. The lowest BCUT2D eigenvalue weighted by Crippen LogP contribution is -2.15. The van der Waals surface area contributed by atoms with E-state index in [0.29, 0.717) is 10.0 Å². The molecule has 0 saturated heterocycles. The van der Waals surface area contributed by atoms with Gasteiger partial charge in [-0.15, -0.1) is 10.2 Å². The van der Waals surface area contributed by atoms with E-state index in [0.717, 1.165) is 11.1 Å². The van der Waals surface area contributed by atoms with Crippen molar-refractivity contribution in [3.63, 3.8) is 0 Å². The van der Waals surface area contributed by atoms with Gasteiger partial charge in [-0.25, -0.2) is 0 Å². The molecule has 0 amide bonds. The van der Waals surface area contributed by atoms with E-state index in [1.54, 1.807) is 4.80 Å². The predicted molar refractivity (Wildman–Crippen MR) is 78.0 cm³/mol. The van der Waals surface area contributed by atoms with Gasteiger partial charge < -0.3 is 0 Å². The van der Waals surface area contributed by atoms with Gasteiger partial charge >= 0.3 is 0 Å². The number of tetrazole rings is 1. The molecule has 4 nitrogen and oxygen atoms in total. The van der Waals surface area contributed by atoms with Gasteiger partial charge in [-0.1, -0.05) is 47.5 Å². The van der Waals surface area contributed by atoms with Crippen molar-refractivity contribution in [2.24, 2.45) is 0 Å². The molecular weight excluding hydrogens is 295 g/mol. The molecule has 0 bridgehead atoms. The summed E-state index contributed by atoms with van der Waals surface area (Å²) in [5, 5.41) is 13.3. The zero-order chi connectivity index (χ0) is 13.9. The van der Waals surface area contributed by atoms with Crippen LogP contribution in [-0.2, 0) is 0 Å². The maximum atomic E-state index is 5.94. The number of aromatic nitrogens is 4. The van der Waals surface area contributed by atoms with Gasteiger partial charge in [-0.05, 0) is 40.6 Å². The molecule has 0 spiro atoms. The molecule has 0 saturated carbocycles. The van der Waals surface area contributed by atoms with Crippen LogP contribution in [0.3, 0.4) is 0 Å². The Labute approximate surface area is 126 Å². The average Bonchev–Trinajstić information content (AvgIpc) is 2.97. The van der Waals surface area contributed by atoms with Crippen LogP contribution in [0.15, 0.2) is 54.9 Å². The standard InChI is InChI=1S/C14H10Cl2N4/c15-12-5-1-10(2-6-12)14(20-18-9-17-19-20)11-3-7-13(16)8-4-11/h1-9,14H. The van der Waals surface area contributed by atoms with E-state index < -0.39 is 0 Å². The Morgan fingerprint density at radius 3 is 1.70 bits per heavy atom. The van der Waals surface area contributed by atoms with Crippen molar-refractivity contribution in [2.45, 2.75) is 6.04 Å². The van der Waals surface area contributed by atoms with Gasteiger partial charge in [0.1, 0.15) is 6.04 Å². The van der Waals surface area contributed by atoms with Crippen molar-refractivity contribution in [1.82, 2.24) is 20.2 Å². The Morgan fingerprint density at radius 2 is 1.30 bits per heavy atom. The Balaban J connectivity index is 2.09. The molecule has 100 valence electrons. The van der Waals surface area contributed by atoms with Crippen LogP contribution in [-0.4, -0.2) is 20.2 Å². The van der Waals surface area contributed by atoms with Gasteiger partial charge in [0.05, 0.1) is 0 Å². The molecule has 6 heteroatoms. The lowest BCUT2D eigenvalue weighted by atomic mass is 9.99. The summed E-state index contributed by atoms with van der Waals surface area (Å²) in [6.45, 7) is 0. The first-order valence-corrected chi connectivity index (χ1v) is 6.73. The van der Waals surface area contributed by atoms with Crippen LogP contribution < -0.4 is 0 Å². The minimum atomic E-state index is -0.160. The minimum Gasteiger partial charge on any atom is -0.152 e. The summed E-state index contributed by atoms with van der Waals surface area (Å²) >= 11 is 11.9. The molecule has 20 heavy (non-hydrogen) atoms. The molecule has 0 atom stereocenters. The van der Waals surface area contributed by atoms with Gasteiger partial charge in [0.25, 0.3) is 0 Å². The second kappa shape index (κ2) is 5.61. The van der Waals surface area contributed by atoms with Crippen LogP contribution >= 0.6 is 23.2 Å². The van der Waals surface area contributed by atoms with Crippen LogP contribution in [0.1, 0.15) is 17.2 Å². The summed E-state index contributed by atoms with van der Waals surface area (Å²) in [6, 6.07) is 15.0. The number of hydrogen-bond donors (Lipinski definition) is 0. The quantitative estimate of drug-likeness (QED) is 0.742. The summed E-state index contributed by atoms with van der Waals surface area (Å²) < 4.78 is 0. The van der Waals surface area contributed by atoms with Gasteiger partial charge in [0.2, 0.25) is 0 Å². The van der Waals surface area contributed by atoms with E-state index >= 15 is 0 Å². The van der Waals surface area contributed by atoms with Crippen molar-refractivity contribution in [3.05, 3.63) is 76.0 Å². The topological polar surface area (TPSA) is 43.6 Å². The van der Waals surface area contributed by atoms with Crippen molar-refractivity contribution in [1.29, 1.82) is 0 Å². The first kappa shape index (κ1) is 13.1. The second-order valence-corrected chi connectivity index (χ2v) is 5.13. The van der Waals surface area contributed by atoms with E-state index in [9.17, 15) is 0 Å². The van der Waals surface area contributed by atoms with Crippen LogP contribution in [0.5, 0.6) is 0 Å². The molecule has 1 aromatic heterocycles. The van der Waals surface area contributed by atoms with Crippen LogP contribution in [0, 0.1) is 0 Å². The van der Waals surface area contributed by atoms with E-state index in [-0.39, 0.29) is 6.04 Å². The van der Waals surface area contributed by atoms with Gasteiger partial charge in [0.15, 0.2) is 6.33 Å². The fourth-order valence-corrected chi connectivity index (χ4v) is 2.29. The highest BCUT2D eigenvalue weighted by Crippen LogP contribution is 2.27. The number of nitrogens with zero attached hydrogens (tertiary/aromatic N) is 4. The fraction of sp³-hybridized carbons (Fsp3) is 0.0714.